The lowest BCUT2D eigenvalue weighted by Crippen LogP contribution is -2.06. The number of hydrogen-bond donors (Lipinski definition) is 1. The zero-order valence-corrected chi connectivity index (χ0v) is 12.5. The molecule has 1 amide bonds. The smallest absolute Gasteiger partial charge is 0.221 e. The highest BCUT2D eigenvalue weighted by atomic mass is 32.2. The van der Waals surface area contributed by atoms with Crippen LogP contribution in [0.4, 0.5) is 10.1 Å². The third-order valence-electron chi connectivity index (χ3n) is 2.59. The molecule has 0 aliphatic carbocycles. The molecule has 0 saturated carbocycles. The number of thioether (sulfide) groups is 1. The second-order valence-electron chi connectivity index (χ2n) is 4.36. The van der Waals surface area contributed by atoms with E-state index in [1.54, 1.807) is 30.0 Å². The average molecular weight is 305 g/mol. The molecule has 21 heavy (non-hydrogen) atoms. The lowest BCUT2D eigenvalue weighted by atomic mass is 10.3. The molecule has 0 spiro atoms. The average Bonchev–Trinajstić information content (AvgIpc) is 2.45. The highest BCUT2D eigenvalue weighted by Gasteiger charge is 2.00. The van der Waals surface area contributed by atoms with Gasteiger partial charge < -0.3 is 10.1 Å². The fraction of sp³-hybridized carbons (Fsp3) is 0.188. The molecular weight excluding hydrogens is 289 g/mol. The van der Waals surface area contributed by atoms with E-state index < -0.39 is 0 Å². The molecule has 0 heterocycles. The zero-order valence-electron chi connectivity index (χ0n) is 11.6. The number of amides is 1. The van der Waals surface area contributed by atoms with Crippen molar-refractivity contribution in [2.45, 2.75) is 11.8 Å². The Morgan fingerprint density at radius 1 is 1.24 bits per heavy atom. The van der Waals surface area contributed by atoms with Gasteiger partial charge in [-0.2, -0.15) is 0 Å². The second-order valence-corrected chi connectivity index (χ2v) is 5.53. The van der Waals surface area contributed by atoms with E-state index in [1.807, 2.05) is 18.2 Å². The van der Waals surface area contributed by atoms with Crippen LogP contribution in [0.3, 0.4) is 0 Å². The van der Waals surface area contributed by atoms with Gasteiger partial charge in [0.2, 0.25) is 5.91 Å². The predicted molar refractivity (Wildman–Crippen MR) is 83.4 cm³/mol. The Kier molecular flexibility index (Phi) is 5.63. The van der Waals surface area contributed by atoms with Crippen LogP contribution in [0.2, 0.25) is 0 Å². The maximum absolute atomic E-state index is 12.8. The minimum absolute atomic E-state index is 0.112. The lowest BCUT2D eigenvalue weighted by Gasteiger charge is -2.08. The van der Waals surface area contributed by atoms with Crippen LogP contribution >= 0.6 is 11.8 Å². The van der Waals surface area contributed by atoms with Crippen LogP contribution in [0, 0.1) is 5.82 Å². The van der Waals surface area contributed by atoms with Gasteiger partial charge in [0.25, 0.3) is 0 Å². The summed E-state index contributed by atoms with van der Waals surface area (Å²) in [7, 11) is 0. The summed E-state index contributed by atoms with van der Waals surface area (Å²) in [6.07, 6.45) is 0. The first kappa shape index (κ1) is 15.4. The summed E-state index contributed by atoms with van der Waals surface area (Å²) in [4.78, 5) is 12.0. The fourth-order valence-corrected chi connectivity index (χ4v) is 2.45. The van der Waals surface area contributed by atoms with Crippen molar-refractivity contribution < 1.29 is 13.9 Å². The third-order valence-corrected chi connectivity index (χ3v) is 3.57. The molecular formula is C16H16FNO2S. The van der Waals surface area contributed by atoms with Gasteiger partial charge in [0.1, 0.15) is 11.6 Å². The van der Waals surface area contributed by atoms with Crippen LogP contribution in [0.25, 0.3) is 0 Å². The normalized spacial score (nSPS) is 10.2. The van der Waals surface area contributed by atoms with Crippen molar-refractivity contribution in [3.63, 3.8) is 0 Å². The van der Waals surface area contributed by atoms with Crippen LogP contribution in [0.15, 0.2) is 53.4 Å². The van der Waals surface area contributed by atoms with Gasteiger partial charge in [0.15, 0.2) is 0 Å². The van der Waals surface area contributed by atoms with Crippen molar-refractivity contribution in [2.75, 3.05) is 17.7 Å². The molecule has 0 fully saturated rings. The van der Waals surface area contributed by atoms with E-state index in [0.29, 0.717) is 18.0 Å². The Hall–Kier alpha value is -2.01. The highest BCUT2D eigenvalue weighted by Crippen LogP contribution is 2.20. The summed E-state index contributed by atoms with van der Waals surface area (Å²) in [6, 6.07) is 13.6. The first-order valence-electron chi connectivity index (χ1n) is 6.52. The van der Waals surface area contributed by atoms with E-state index in [2.05, 4.69) is 5.32 Å². The number of halogens is 1. The lowest BCUT2D eigenvalue weighted by molar-refractivity contribution is -0.114. The molecule has 0 unspecified atom stereocenters. The molecule has 0 saturated heterocycles. The summed E-state index contributed by atoms with van der Waals surface area (Å²) >= 11 is 1.60. The topological polar surface area (TPSA) is 38.3 Å². The molecule has 5 heteroatoms. The Bertz CT molecular complexity index is 601. The van der Waals surface area contributed by atoms with E-state index >= 15 is 0 Å². The van der Waals surface area contributed by atoms with Crippen molar-refractivity contribution in [3.8, 4) is 5.75 Å². The number of nitrogens with one attached hydrogen (secondary N) is 1. The van der Waals surface area contributed by atoms with Gasteiger partial charge in [0, 0.05) is 29.3 Å². The van der Waals surface area contributed by atoms with E-state index in [0.717, 1.165) is 10.6 Å². The van der Waals surface area contributed by atoms with Crippen molar-refractivity contribution in [3.05, 3.63) is 54.3 Å². The van der Waals surface area contributed by atoms with E-state index in [9.17, 15) is 9.18 Å². The number of benzene rings is 2. The van der Waals surface area contributed by atoms with Gasteiger partial charge in [0.05, 0.1) is 6.61 Å². The standard InChI is InChI=1S/C16H16FNO2S/c1-12(19)18-14-3-2-4-15(11-14)20-9-10-21-16-7-5-13(17)6-8-16/h2-8,11H,9-10H2,1H3,(H,18,19). The summed E-state index contributed by atoms with van der Waals surface area (Å²) in [5.74, 6) is 1.13. The predicted octanol–water partition coefficient (Wildman–Crippen LogP) is 3.96. The molecule has 0 bridgehead atoms. The minimum Gasteiger partial charge on any atom is -0.493 e. The molecule has 2 rings (SSSR count). The number of hydrogen-bond acceptors (Lipinski definition) is 3. The first-order chi connectivity index (χ1) is 10.1. The molecule has 0 atom stereocenters. The first-order valence-corrected chi connectivity index (χ1v) is 7.51. The van der Waals surface area contributed by atoms with E-state index in [1.165, 1.54) is 19.1 Å². The number of ether oxygens (including phenoxy) is 1. The van der Waals surface area contributed by atoms with Gasteiger partial charge in [-0.05, 0) is 36.4 Å². The van der Waals surface area contributed by atoms with Gasteiger partial charge in [-0.1, -0.05) is 6.07 Å². The van der Waals surface area contributed by atoms with E-state index in [4.69, 9.17) is 4.74 Å². The molecule has 0 radical (unpaired) electrons. The fourth-order valence-electron chi connectivity index (χ4n) is 1.72. The van der Waals surface area contributed by atoms with Crippen molar-refractivity contribution in [1.29, 1.82) is 0 Å². The Labute approximate surface area is 127 Å². The van der Waals surface area contributed by atoms with Gasteiger partial charge in [-0.25, -0.2) is 4.39 Å². The van der Waals surface area contributed by atoms with Gasteiger partial charge in [-0.3, -0.25) is 4.79 Å². The van der Waals surface area contributed by atoms with Crippen LogP contribution in [-0.4, -0.2) is 18.3 Å². The van der Waals surface area contributed by atoms with Crippen molar-refractivity contribution in [2.24, 2.45) is 0 Å². The number of rotatable bonds is 6. The Balaban J connectivity index is 1.78. The van der Waals surface area contributed by atoms with E-state index in [-0.39, 0.29) is 11.7 Å². The maximum Gasteiger partial charge on any atom is 0.221 e. The van der Waals surface area contributed by atoms with Gasteiger partial charge in [-0.15, -0.1) is 11.8 Å². The molecule has 0 aliphatic rings. The summed E-state index contributed by atoms with van der Waals surface area (Å²) in [6.45, 7) is 2.00. The molecule has 3 nitrogen and oxygen atoms in total. The van der Waals surface area contributed by atoms with Crippen LogP contribution in [0.5, 0.6) is 5.75 Å². The van der Waals surface area contributed by atoms with Crippen LogP contribution in [-0.2, 0) is 4.79 Å². The van der Waals surface area contributed by atoms with Crippen LogP contribution < -0.4 is 10.1 Å². The molecule has 110 valence electrons. The number of carbonyl (C=O) groups excluding carboxylic acids is 1. The summed E-state index contributed by atoms with van der Waals surface area (Å²) < 4.78 is 18.4. The Morgan fingerprint density at radius 2 is 2.00 bits per heavy atom. The largest absolute Gasteiger partial charge is 0.493 e. The molecule has 0 aromatic heterocycles. The highest BCUT2D eigenvalue weighted by molar-refractivity contribution is 7.99. The number of anilines is 1. The molecule has 2 aromatic carbocycles. The Morgan fingerprint density at radius 3 is 2.71 bits per heavy atom. The third kappa shape index (κ3) is 5.47. The number of carbonyl (C=O) groups is 1. The van der Waals surface area contributed by atoms with Crippen molar-refractivity contribution in [1.82, 2.24) is 0 Å². The molecule has 1 N–H and O–H groups in total. The molecule has 2 aromatic rings. The second kappa shape index (κ2) is 7.69. The SMILES string of the molecule is CC(=O)Nc1cccc(OCCSc2ccc(F)cc2)c1. The molecule has 0 aliphatic heterocycles. The van der Waals surface area contributed by atoms with Crippen molar-refractivity contribution >= 4 is 23.4 Å². The van der Waals surface area contributed by atoms with Gasteiger partial charge >= 0.3 is 0 Å². The zero-order chi connectivity index (χ0) is 15.1. The summed E-state index contributed by atoms with van der Waals surface area (Å²) in [5, 5.41) is 2.71. The summed E-state index contributed by atoms with van der Waals surface area (Å²) in [5.41, 5.74) is 0.714. The quantitative estimate of drug-likeness (QED) is 0.648. The monoisotopic (exact) mass is 305 g/mol. The minimum atomic E-state index is -0.231. The van der Waals surface area contributed by atoms with Crippen LogP contribution in [0.1, 0.15) is 6.92 Å². The maximum atomic E-state index is 12.8.